The third-order valence-electron chi connectivity index (χ3n) is 8.26. The van der Waals surface area contributed by atoms with Crippen LogP contribution >= 0.6 is 11.6 Å². The van der Waals surface area contributed by atoms with Crippen molar-refractivity contribution < 1.29 is 14.3 Å². The predicted octanol–water partition coefficient (Wildman–Crippen LogP) is 7.33. The number of ether oxygens (including phenoxy) is 1. The fourth-order valence-electron chi connectivity index (χ4n) is 5.76. The van der Waals surface area contributed by atoms with Gasteiger partial charge in [0.05, 0.1) is 40.7 Å². The molecule has 0 bridgehead atoms. The highest BCUT2D eigenvalue weighted by molar-refractivity contribution is 6.33. The van der Waals surface area contributed by atoms with E-state index in [-0.39, 0.29) is 22.1 Å². The molecule has 3 aromatic carbocycles. The highest BCUT2D eigenvalue weighted by atomic mass is 35.5. The van der Waals surface area contributed by atoms with E-state index in [1.54, 1.807) is 16.8 Å². The van der Waals surface area contributed by atoms with Crippen molar-refractivity contribution in [3.05, 3.63) is 94.1 Å². The number of nitrogens with one attached hydrogen (secondary N) is 3. The Morgan fingerprint density at radius 1 is 1.04 bits per heavy atom. The van der Waals surface area contributed by atoms with Crippen LogP contribution in [0.4, 0.5) is 22.0 Å². The number of nitrogen functional groups attached to an aromatic ring is 1. The van der Waals surface area contributed by atoms with Crippen molar-refractivity contribution in [1.82, 2.24) is 15.1 Å². The van der Waals surface area contributed by atoms with Gasteiger partial charge in [0.2, 0.25) is 0 Å². The molecular weight excluding hydrogens is 588 g/mol. The summed E-state index contributed by atoms with van der Waals surface area (Å²) in [7, 11) is 1.51. The number of ketones is 1. The van der Waals surface area contributed by atoms with Gasteiger partial charge in [-0.25, -0.2) is 9.48 Å². The molecule has 4 aromatic rings. The van der Waals surface area contributed by atoms with Gasteiger partial charge in [-0.2, -0.15) is 5.10 Å². The molecule has 1 aliphatic heterocycles. The first-order valence-electron chi connectivity index (χ1n) is 15.2. The summed E-state index contributed by atoms with van der Waals surface area (Å²) in [6, 6.07) is 20.0. The third-order valence-corrected chi connectivity index (χ3v) is 8.59. The van der Waals surface area contributed by atoms with Gasteiger partial charge in [-0.1, -0.05) is 68.3 Å². The Kier molecular flexibility index (Phi) is 9.51. The van der Waals surface area contributed by atoms with E-state index < -0.39 is 11.9 Å². The van der Waals surface area contributed by atoms with Crippen LogP contribution < -0.4 is 26.4 Å². The van der Waals surface area contributed by atoms with E-state index in [4.69, 9.17) is 27.2 Å². The van der Waals surface area contributed by atoms with E-state index in [0.717, 1.165) is 48.4 Å². The van der Waals surface area contributed by atoms with Gasteiger partial charge in [-0.15, -0.1) is 0 Å². The number of carbonyl (C=O) groups excluding carboxylic acids is 2. The molecule has 1 fully saturated rings. The van der Waals surface area contributed by atoms with Gasteiger partial charge < -0.3 is 21.1 Å². The molecule has 2 heterocycles. The third kappa shape index (κ3) is 7.16. The molecule has 0 radical (unpaired) electrons. The summed E-state index contributed by atoms with van der Waals surface area (Å²) in [5.41, 5.74) is 10.6. The lowest BCUT2D eigenvalue weighted by Gasteiger charge is -2.31. The summed E-state index contributed by atoms with van der Waals surface area (Å²) < 4.78 is 7.30. The topological polar surface area (TPSA) is 123 Å². The van der Waals surface area contributed by atoms with E-state index in [1.807, 2.05) is 61.5 Å². The molecule has 5 rings (SSSR count). The first-order chi connectivity index (χ1) is 21.5. The molecule has 1 unspecified atom stereocenters. The highest BCUT2D eigenvalue weighted by Crippen LogP contribution is 2.41. The van der Waals surface area contributed by atoms with E-state index in [9.17, 15) is 9.59 Å². The zero-order valence-corrected chi connectivity index (χ0v) is 27.2. The van der Waals surface area contributed by atoms with Crippen molar-refractivity contribution >= 4 is 40.6 Å². The number of methoxy groups -OCH3 is 1. The van der Waals surface area contributed by atoms with Crippen molar-refractivity contribution in [3.8, 4) is 11.4 Å². The fraction of sp³-hybridized carbons (Fsp3) is 0.343. The maximum Gasteiger partial charge on any atom is 0.324 e. The molecule has 1 saturated heterocycles. The molecule has 236 valence electrons. The number of aryl methyl sites for hydroxylation is 1. The lowest BCUT2D eigenvalue weighted by atomic mass is 9.75. The number of aromatic nitrogens is 2. The van der Waals surface area contributed by atoms with Crippen LogP contribution in [0.25, 0.3) is 5.69 Å². The Balaban J connectivity index is 1.49. The van der Waals surface area contributed by atoms with Crippen molar-refractivity contribution in [3.63, 3.8) is 0 Å². The largest absolute Gasteiger partial charge is 0.496 e. The van der Waals surface area contributed by atoms with Crippen LogP contribution in [0.2, 0.25) is 5.02 Å². The van der Waals surface area contributed by atoms with Crippen molar-refractivity contribution in [1.29, 1.82) is 0 Å². The number of hydrogen-bond acceptors (Lipinski definition) is 6. The number of halogens is 1. The summed E-state index contributed by atoms with van der Waals surface area (Å²) in [6.45, 7) is 9.85. The number of benzene rings is 3. The minimum absolute atomic E-state index is 0.0307. The predicted molar refractivity (Wildman–Crippen MR) is 181 cm³/mol. The number of nitrogens with zero attached hydrogens (tertiary/aromatic N) is 2. The Labute approximate surface area is 269 Å². The first kappa shape index (κ1) is 32.1. The lowest BCUT2D eigenvalue weighted by molar-refractivity contribution is 0.0913. The molecule has 9 nitrogen and oxygen atoms in total. The molecule has 1 aromatic heterocycles. The van der Waals surface area contributed by atoms with E-state index in [0.29, 0.717) is 28.5 Å². The lowest BCUT2D eigenvalue weighted by Crippen LogP contribution is -2.34. The van der Waals surface area contributed by atoms with Gasteiger partial charge in [0, 0.05) is 23.2 Å². The SMILES string of the molecule is COc1cc(N)c(Cl)cc1C(=O)C(c1ccccc1NC(=O)Nc1cc(C(C)(C)C)nn1-c1ccc(C)cc1)C1CCNCC1. The number of carbonyl (C=O) groups is 2. The van der Waals surface area contributed by atoms with E-state index in [1.165, 1.54) is 7.11 Å². The van der Waals surface area contributed by atoms with Crippen molar-refractivity contribution in [2.75, 3.05) is 36.6 Å². The van der Waals surface area contributed by atoms with Gasteiger partial charge in [0.25, 0.3) is 0 Å². The second kappa shape index (κ2) is 13.3. The number of para-hydroxylation sites is 1. The monoisotopic (exact) mass is 628 g/mol. The zero-order valence-electron chi connectivity index (χ0n) is 26.4. The number of anilines is 3. The fourth-order valence-corrected chi connectivity index (χ4v) is 5.92. The van der Waals surface area contributed by atoms with Crippen molar-refractivity contribution in [2.45, 2.75) is 51.9 Å². The smallest absolute Gasteiger partial charge is 0.324 e. The van der Waals surface area contributed by atoms with Crippen LogP contribution in [0, 0.1) is 12.8 Å². The molecule has 0 saturated carbocycles. The standard InChI is InChI=1S/C35H41ClN6O3/c1-21-10-12-23(13-11-21)42-31(20-30(41-42)35(2,3)4)40-34(44)39-28-9-7-6-8-24(28)32(22-14-16-38-17-15-22)33(43)25-18-26(36)27(37)19-29(25)45-5/h6-13,18-20,22,32,38H,14-17,37H2,1-5H3,(H2,39,40,44). The molecule has 0 aliphatic carbocycles. The summed E-state index contributed by atoms with van der Waals surface area (Å²) in [5.74, 6) is 0.238. The van der Waals surface area contributed by atoms with Gasteiger partial charge in [-0.05, 0) is 68.6 Å². The summed E-state index contributed by atoms with van der Waals surface area (Å²) in [4.78, 5) is 28.0. The second-order valence-corrected chi connectivity index (χ2v) is 13.0. The number of nitrogens with two attached hydrogens (primary N) is 1. The molecular formula is C35H41ClN6O3. The van der Waals surface area contributed by atoms with Crippen LogP contribution in [-0.4, -0.2) is 41.8 Å². The number of rotatable bonds is 8. The minimum Gasteiger partial charge on any atom is -0.496 e. The van der Waals surface area contributed by atoms with Gasteiger partial charge in [-0.3, -0.25) is 10.1 Å². The molecule has 1 atom stereocenters. The van der Waals surface area contributed by atoms with Crippen LogP contribution in [-0.2, 0) is 5.41 Å². The number of hydrogen-bond donors (Lipinski definition) is 4. The Morgan fingerprint density at radius 3 is 2.40 bits per heavy atom. The summed E-state index contributed by atoms with van der Waals surface area (Å²) in [6.07, 6.45) is 1.60. The first-order valence-corrected chi connectivity index (χ1v) is 15.6. The van der Waals surface area contributed by atoms with Crippen LogP contribution in [0.1, 0.15) is 66.7 Å². The Morgan fingerprint density at radius 2 is 1.73 bits per heavy atom. The quantitative estimate of drug-likeness (QED) is 0.120. The molecule has 10 heteroatoms. The number of piperidine rings is 1. The number of amides is 2. The minimum atomic E-state index is -0.553. The molecule has 45 heavy (non-hydrogen) atoms. The summed E-state index contributed by atoms with van der Waals surface area (Å²) in [5, 5.41) is 14.5. The van der Waals surface area contributed by atoms with Crippen molar-refractivity contribution in [2.24, 2.45) is 5.92 Å². The van der Waals surface area contributed by atoms with E-state index >= 15 is 0 Å². The Bertz CT molecular complexity index is 1690. The van der Waals surface area contributed by atoms with E-state index in [2.05, 4.69) is 36.7 Å². The zero-order chi connectivity index (χ0) is 32.3. The van der Waals surface area contributed by atoms with Gasteiger partial charge >= 0.3 is 6.03 Å². The number of urea groups is 1. The average molecular weight is 629 g/mol. The molecule has 0 spiro atoms. The maximum atomic E-state index is 14.4. The van der Waals surface area contributed by atoms with Crippen LogP contribution in [0.3, 0.4) is 0 Å². The molecule has 2 amide bonds. The highest BCUT2D eigenvalue weighted by Gasteiger charge is 2.35. The Hall–Kier alpha value is -4.34. The van der Waals surface area contributed by atoms with Gasteiger partial charge in [0.1, 0.15) is 11.6 Å². The van der Waals surface area contributed by atoms with Crippen LogP contribution in [0.5, 0.6) is 5.75 Å². The summed E-state index contributed by atoms with van der Waals surface area (Å²) >= 11 is 6.38. The second-order valence-electron chi connectivity index (χ2n) is 12.6. The van der Waals surface area contributed by atoms with Crippen LogP contribution in [0.15, 0.2) is 66.7 Å². The number of Topliss-reactive ketones (excluding diaryl/α,β-unsaturated/α-hetero) is 1. The van der Waals surface area contributed by atoms with Gasteiger partial charge in [0.15, 0.2) is 5.78 Å². The maximum absolute atomic E-state index is 14.4. The normalized spacial score (nSPS) is 14.5. The average Bonchev–Trinajstić information content (AvgIpc) is 3.44. The molecule has 1 aliphatic rings. The molecule has 5 N–H and O–H groups in total.